The Bertz CT molecular complexity index is 1110. The van der Waals surface area contributed by atoms with Gasteiger partial charge in [0.15, 0.2) is 23.6 Å². The molecule has 1 N–H and O–H groups in total. The van der Waals surface area contributed by atoms with Crippen LogP contribution in [0.5, 0.6) is 0 Å². The first kappa shape index (κ1) is 26.3. The standard InChI is InChI=1S/C28H36O8/c1-8-14(2)25(32)36-23-15(3)12-27-10-9-20-21(26(20,6)7)19(22(27)31)11-18(13-34-16(4)29)24(28(23,27)33)35-17(5)30/h8,11-12,19-21,23-24,33H,9-10,13H2,1-7H3/b14-8-/t19-,20+,21-,23-,24+,27+,28+/m0/s1. The topological polar surface area (TPSA) is 116 Å². The fourth-order valence-electron chi connectivity index (χ4n) is 7.01. The Kier molecular flexibility index (Phi) is 6.35. The molecule has 1 spiro atoms. The Labute approximate surface area is 211 Å². The molecule has 7 atom stereocenters. The Hall–Kier alpha value is -2.74. The van der Waals surface area contributed by atoms with Crippen LogP contribution in [0.2, 0.25) is 0 Å². The van der Waals surface area contributed by atoms with Crippen molar-refractivity contribution in [3.8, 4) is 0 Å². The van der Waals surface area contributed by atoms with Crippen molar-refractivity contribution in [3.63, 3.8) is 0 Å². The molecule has 2 saturated carbocycles. The fourth-order valence-corrected chi connectivity index (χ4v) is 7.01. The molecule has 0 aromatic rings. The normalized spacial score (nSPS) is 38.4. The Morgan fingerprint density at radius 2 is 1.78 bits per heavy atom. The van der Waals surface area contributed by atoms with Crippen molar-refractivity contribution < 1.29 is 38.5 Å². The number of carbonyl (C=O) groups excluding carboxylic acids is 4. The highest BCUT2D eigenvalue weighted by atomic mass is 16.6. The summed E-state index contributed by atoms with van der Waals surface area (Å²) in [6.07, 6.45) is 3.47. The number of ether oxygens (including phenoxy) is 3. The smallest absolute Gasteiger partial charge is 0.334 e. The van der Waals surface area contributed by atoms with E-state index < -0.39 is 47.0 Å². The van der Waals surface area contributed by atoms with Crippen molar-refractivity contribution in [1.82, 2.24) is 0 Å². The Morgan fingerprint density at radius 1 is 1.11 bits per heavy atom. The van der Waals surface area contributed by atoms with Gasteiger partial charge in [-0.25, -0.2) is 4.79 Å². The van der Waals surface area contributed by atoms with Gasteiger partial charge in [-0.05, 0) is 56.4 Å². The molecule has 0 aliphatic heterocycles. The van der Waals surface area contributed by atoms with Crippen LogP contribution in [0.25, 0.3) is 0 Å². The Morgan fingerprint density at radius 3 is 2.36 bits per heavy atom. The van der Waals surface area contributed by atoms with Gasteiger partial charge in [0.05, 0.1) is 5.41 Å². The first-order valence-electron chi connectivity index (χ1n) is 12.5. The van der Waals surface area contributed by atoms with Crippen LogP contribution in [0.1, 0.15) is 61.3 Å². The first-order valence-corrected chi connectivity index (χ1v) is 12.5. The maximum atomic E-state index is 14.4. The van der Waals surface area contributed by atoms with Crippen LogP contribution in [0.4, 0.5) is 0 Å². The SMILES string of the molecule is C/C=C(/C)C(=O)O[C@H]1C(C)=C[C@@]23CC[C@@H]4[C@H]([C@H](C=C(COC(C)=O)[C@@H](OC(C)=O)[C@]12O)C3=O)C4(C)C. The number of fused-ring (bicyclic) bond motifs is 3. The number of ketones is 1. The van der Waals surface area contributed by atoms with E-state index in [-0.39, 0.29) is 29.6 Å². The molecule has 36 heavy (non-hydrogen) atoms. The van der Waals surface area contributed by atoms with Crippen molar-refractivity contribution in [3.05, 3.63) is 34.9 Å². The number of hydrogen-bond donors (Lipinski definition) is 1. The molecule has 4 aliphatic carbocycles. The monoisotopic (exact) mass is 500 g/mol. The number of esters is 3. The van der Waals surface area contributed by atoms with Gasteiger partial charge in [-0.1, -0.05) is 32.1 Å². The summed E-state index contributed by atoms with van der Waals surface area (Å²) in [5.41, 5.74) is -2.44. The third kappa shape index (κ3) is 3.67. The van der Waals surface area contributed by atoms with Crippen LogP contribution in [-0.4, -0.2) is 53.2 Å². The maximum Gasteiger partial charge on any atom is 0.334 e. The van der Waals surface area contributed by atoms with Crippen molar-refractivity contribution in [2.75, 3.05) is 6.61 Å². The molecule has 8 heteroatoms. The van der Waals surface area contributed by atoms with Crippen molar-refractivity contribution in [2.24, 2.45) is 28.6 Å². The minimum Gasteiger partial charge on any atom is -0.461 e. The van der Waals surface area contributed by atoms with E-state index in [0.717, 1.165) is 0 Å². The van der Waals surface area contributed by atoms with E-state index in [4.69, 9.17) is 14.2 Å². The summed E-state index contributed by atoms with van der Waals surface area (Å²) in [6, 6.07) is 0. The molecule has 196 valence electrons. The van der Waals surface area contributed by atoms with E-state index in [0.29, 0.717) is 29.6 Å². The highest BCUT2D eigenvalue weighted by Gasteiger charge is 2.75. The summed E-state index contributed by atoms with van der Waals surface area (Å²) < 4.78 is 16.9. The summed E-state index contributed by atoms with van der Waals surface area (Å²) in [5.74, 6) is -2.31. The highest BCUT2D eigenvalue weighted by molar-refractivity contribution is 5.95. The Balaban J connectivity index is 1.93. The van der Waals surface area contributed by atoms with Crippen LogP contribution in [0, 0.1) is 28.6 Å². The van der Waals surface area contributed by atoms with Crippen LogP contribution in [0.15, 0.2) is 34.9 Å². The van der Waals surface area contributed by atoms with Crippen molar-refractivity contribution >= 4 is 23.7 Å². The minimum atomic E-state index is -2.11. The van der Waals surface area contributed by atoms with Gasteiger partial charge in [-0.2, -0.15) is 0 Å². The molecule has 4 rings (SSSR count). The second-order valence-electron chi connectivity index (χ2n) is 11.3. The summed E-state index contributed by atoms with van der Waals surface area (Å²) in [4.78, 5) is 51.3. The van der Waals surface area contributed by atoms with Crippen LogP contribution >= 0.6 is 0 Å². The van der Waals surface area contributed by atoms with Crippen molar-refractivity contribution in [1.29, 1.82) is 0 Å². The van der Waals surface area contributed by atoms with Gasteiger partial charge >= 0.3 is 17.9 Å². The fraction of sp³-hybridized carbons (Fsp3) is 0.643. The molecule has 4 aliphatic rings. The van der Waals surface area contributed by atoms with Gasteiger partial charge in [0, 0.05) is 30.9 Å². The summed E-state index contributed by atoms with van der Waals surface area (Å²) in [7, 11) is 0. The molecule has 0 amide bonds. The van der Waals surface area contributed by atoms with Crippen LogP contribution in [0.3, 0.4) is 0 Å². The number of rotatable bonds is 5. The van der Waals surface area contributed by atoms with Gasteiger partial charge < -0.3 is 19.3 Å². The molecule has 8 nitrogen and oxygen atoms in total. The number of aliphatic hydroxyl groups is 1. The zero-order valence-corrected chi connectivity index (χ0v) is 22.0. The summed E-state index contributed by atoms with van der Waals surface area (Å²) in [5, 5.41) is 12.7. The molecular weight excluding hydrogens is 464 g/mol. The van der Waals surface area contributed by atoms with E-state index >= 15 is 0 Å². The lowest BCUT2D eigenvalue weighted by molar-refractivity contribution is -0.205. The third-order valence-corrected chi connectivity index (χ3v) is 8.96. The molecule has 0 unspecified atom stereocenters. The zero-order valence-electron chi connectivity index (χ0n) is 22.0. The highest BCUT2D eigenvalue weighted by Crippen LogP contribution is 2.70. The molecular formula is C28H36O8. The average molecular weight is 501 g/mol. The number of allylic oxidation sites excluding steroid dienone is 2. The van der Waals surface area contributed by atoms with Crippen molar-refractivity contribution in [2.45, 2.75) is 79.1 Å². The van der Waals surface area contributed by atoms with Gasteiger partial charge in [0.2, 0.25) is 0 Å². The average Bonchev–Trinajstić information content (AvgIpc) is 3.32. The number of hydrogen-bond acceptors (Lipinski definition) is 8. The van der Waals surface area contributed by atoms with Gasteiger partial charge in [-0.15, -0.1) is 0 Å². The number of carbonyl (C=O) groups is 4. The van der Waals surface area contributed by atoms with E-state index in [9.17, 15) is 24.3 Å². The second-order valence-corrected chi connectivity index (χ2v) is 11.3. The molecule has 2 bridgehead atoms. The van der Waals surface area contributed by atoms with Gasteiger partial charge in [0.1, 0.15) is 6.61 Å². The maximum absolute atomic E-state index is 14.4. The van der Waals surface area contributed by atoms with Crippen LogP contribution < -0.4 is 0 Å². The largest absolute Gasteiger partial charge is 0.461 e. The van der Waals surface area contributed by atoms with Crippen LogP contribution in [-0.2, 0) is 33.4 Å². The summed E-state index contributed by atoms with van der Waals surface area (Å²) >= 11 is 0. The summed E-state index contributed by atoms with van der Waals surface area (Å²) in [6.45, 7) is 11.5. The lowest BCUT2D eigenvalue weighted by Gasteiger charge is -2.47. The third-order valence-electron chi connectivity index (χ3n) is 8.96. The van der Waals surface area contributed by atoms with E-state index in [1.165, 1.54) is 13.8 Å². The minimum absolute atomic E-state index is 0.0395. The lowest BCUT2D eigenvalue weighted by Crippen LogP contribution is -2.64. The number of Topliss-reactive ketones (excluding diaryl/α,β-unsaturated/α-hetero) is 1. The molecule has 2 fully saturated rings. The molecule has 0 heterocycles. The van der Waals surface area contributed by atoms with E-state index in [1.54, 1.807) is 39.0 Å². The zero-order chi connectivity index (χ0) is 26.8. The molecule has 0 aromatic carbocycles. The molecule has 0 aromatic heterocycles. The van der Waals surface area contributed by atoms with E-state index in [2.05, 4.69) is 13.8 Å². The predicted molar refractivity (Wildman–Crippen MR) is 129 cm³/mol. The second kappa shape index (κ2) is 8.68. The van der Waals surface area contributed by atoms with Gasteiger partial charge in [0.25, 0.3) is 0 Å². The van der Waals surface area contributed by atoms with Gasteiger partial charge in [-0.3, -0.25) is 14.4 Å². The predicted octanol–water partition coefficient (Wildman–Crippen LogP) is 3.23. The lowest BCUT2D eigenvalue weighted by atomic mass is 9.63. The quantitative estimate of drug-likeness (QED) is 0.265. The molecule has 0 radical (unpaired) electrons. The molecule has 0 saturated heterocycles. The van der Waals surface area contributed by atoms with E-state index in [1.807, 2.05) is 0 Å². The first-order chi connectivity index (χ1) is 16.7.